The summed E-state index contributed by atoms with van der Waals surface area (Å²) >= 11 is 0. The first kappa shape index (κ1) is 14.1. The standard InChI is InChI=1S/C15H18N2O3/c1-19-14-6-4-3-5-12(14)17-13(10-18)11-7-8-15(20-2)16-9-11/h3-9,13,17-18H,10H2,1-2H3. The molecule has 0 aliphatic carbocycles. The molecule has 5 heteroatoms. The molecule has 0 saturated heterocycles. The van der Waals surface area contributed by atoms with Crippen LogP contribution in [0.4, 0.5) is 5.69 Å². The minimum atomic E-state index is -0.260. The van der Waals surface area contributed by atoms with Crippen molar-refractivity contribution in [2.45, 2.75) is 6.04 Å². The van der Waals surface area contributed by atoms with Gasteiger partial charge in [0.1, 0.15) is 5.75 Å². The largest absolute Gasteiger partial charge is 0.495 e. The first-order chi connectivity index (χ1) is 9.78. The van der Waals surface area contributed by atoms with Gasteiger partial charge in [-0.15, -0.1) is 0 Å². The summed E-state index contributed by atoms with van der Waals surface area (Å²) in [6.45, 7) is -0.0495. The summed E-state index contributed by atoms with van der Waals surface area (Å²) in [4.78, 5) is 4.15. The van der Waals surface area contributed by atoms with Gasteiger partial charge in [0, 0.05) is 12.3 Å². The van der Waals surface area contributed by atoms with Crippen molar-refractivity contribution in [3.63, 3.8) is 0 Å². The molecule has 0 aliphatic rings. The highest BCUT2D eigenvalue weighted by Gasteiger charge is 2.13. The fourth-order valence-electron chi connectivity index (χ4n) is 1.90. The quantitative estimate of drug-likeness (QED) is 0.846. The lowest BCUT2D eigenvalue weighted by Gasteiger charge is -2.19. The lowest BCUT2D eigenvalue weighted by atomic mass is 10.1. The first-order valence-electron chi connectivity index (χ1n) is 6.29. The van der Waals surface area contributed by atoms with Gasteiger partial charge in [-0.25, -0.2) is 4.98 Å². The predicted molar refractivity (Wildman–Crippen MR) is 77.2 cm³/mol. The molecule has 0 aliphatic heterocycles. The van der Waals surface area contributed by atoms with Crippen LogP contribution in [-0.4, -0.2) is 30.9 Å². The van der Waals surface area contributed by atoms with Gasteiger partial charge in [0.25, 0.3) is 0 Å². The van der Waals surface area contributed by atoms with Crippen molar-refractivity contribution in [3.05, 3.63) is 48.2 Å². The Morgan fingerprint density at radius 1 is 1.15 bits per heavy atom. The van der Waals surface area contributed by atoms with E-state index >= 15 is 0 Å². The van der Waals surface area contributed by atoms with Gasteiger partial charge in [-0.2, -0.15) is 0 Å². The fourth-order valence-corrected chi connectivity index (χ4v) is 1.90. The highest BCUT2D eigenvalue weighted by Crippen LogP contribution is 2.27. The molecule has 0 amide bonds. The van der Waals surface area contributed by atoms with Crippen LogP contribution in [0.3, 0.4) is 0 Å². The number of anilines is 1. The third-order valence-electron chi connectivity index (χ3n) is 2.99. The summed E-state index contributed by atoms with van der Waals surface area (Å²) in [7, 11) is 3.18. The van der Waals surface area contributed by atoms with Crippen LogP contribution in [0.25, 0.3) is 0 Å². The van der Waals surface area contributed by atoms with E-state index in [0.29, 0.717) is 5.88 Å². The minimum Gasteiger partial charge on any atom is -0.495 e. The predicted octanol–water partition coefficient (Wildman–Crippen LogP) is 2.24. The molecule has 1 atom stereocenters. The normalized spacial score (nSPS) is 11.8. The molecule has 0 fully saturated rings. The number of pyridine rings is 1. The molecule has 1 unspecified atom stereocenters. The molecule has 2 aromatic rings. The van der Waals surface area contributed by atoms with E-state index in [4.69, 9.17) is 9.47 Å². The Labute approximate surface area is 118 Å². The number of nitrogens with one attached hydrogen (secondary N) is 1. The van der Waals surface area contributed by atoms with E-state index < -0.39 is 0 Å². The molecule has 1 heterocycles. The number of ether oxygens (including phenoxy) is 2. The van der Waals surface area contributed by atoms with Crippen molar-refractivity contribution in [2.75, 3.05) is 26.1 Å². The van der Waals surface area contributed by atoms with Crippen LogP contribution in [0.1, 0.15) is 11.6 Å². The molecular formula is C15H18N2O3. The average molecular weight is 274 g/mol. The Balaban J connectivity index is 2.19. The van der Waals surface area contributed by atoms with E-state index in [1.165, 1.54) is 0 Å². The molecule has 0 saturated carbocycles. The number of aliphatic hydroxyl groups is 1. The van der Waals surface area contributed by atoms with Gasteiger partial charge in [-0.3, -0.25) is 0 Å². The third-order valence-corrected chi connectivity index (χ3v) is 2.99. The zero-order valence-corrected chi connectivity index (χ0v) is 11.5. The monoisotopic (exact) mass is 274 g/mol. The number of benzene rings is 1. The number of rotatable bonds is 6. The van der Waals surface area contributed by atoms with Gasteiger partial charge in [-0.05, 0) is 23.8 Å². The van der Waals surface area contributed by atoms with Crippen LogP contribution in [-0.2, 0) is 0 Å². The summed E-state index contributed by atoms with van der Waals surface area (Å²) in [6.07, 6.45) is 1.68. The van der Waals surface area contributed by atoms with Gasteiger partial charge in [0.2, 0.25) is 5.88 Å². The van der Waals surface area contributed by atoms with Crippen molar-refractivity contribution in [1.82, 2.24) is 4.98 Å². The van der Waals surface area contributed by atoms with Crippen LogP contribution in [0, 0.1) is 0 Å². The van der Waals surface area contributed by atoms with Crippen LogP contribution < -0.4 is 14.8 Å². The zero-order valence-electron chi connectivity index (χ0n) is 11.5. The molecule has 106 valence electrons. The third kappa shape index (κ3) is 3.19. The Kier molecular flexibility index (Phi) is 4.79. The Morgan fingerprint density at radius 2 is 1.95 bits per heavy atom. The van der Waals surface area contributed by atoms with Crippen molar-refractivity contribution >= 4 is 5.69 Å². The highest BCUT2D eigenvalue weighted by atomic mass is 16.5. The summed E-state index contributed by atoms with van der Waals surface area (Å²) in [5.41, 5.74) is 1.70. The van der Waals surface area contributed by atoms with Crippen LogP contribution in [0.5, 0.6) is 11.6 Å². The number of hydrogen-bond donors (Lipinski definition) is 2. The second-order valence-corrected chi connectivity index (χ2v) is 4.21. The summed E-state index contributed by atoms with van der Waals surface area (Å²) in [6, 6.07) is 10.9. The minimum absolute atomic E-state index is 0.0495. The van der Waals surface area contributed by atoms with Crippen LogP contribution >= 0.6 is 0 Å². The molecule has 2 N–H and O–H groups in total. The summed E-state index contributed by atoms with van der Waals surface area (Å²) < 4.78 is 10.3. The lowest BCUT2D eigenvalue weighted by molar-refractivity contribution is 0.275. The van der Waals surface area contributed by atoms with Gasteiger partial charge in [0.15, 0.2) is 0 Å². The van der Waals surface area contributed by atoms with E-state index in [1.807, 2.05) is 30.3 Å². The maximum Gasteiger partial charge on any atom is 0.212 e. The second-order valence-electron chi connectivity index (χ2n) is 4.21. The Morgan fingerprint density at radius 3 is 2.55 bits per heavy atom. The fraction of sp³-hybridized carbons (Fsp3) is 0.267. The summed E-state index contributed by atoms with van der Waals surface area (Å²) in [5, 5.41) is 12.8. The van der Waals surface area contributed by atoms with E-state index in [9.17, 15) is 5.11 Å². The smallest absolute Gasteiger partial charge is 0.212 e. The van der Waals surface area contributed by atoms with E-state index in [2.05, 4.69) is 10.3 Å². The number of aromatic nitrogens is 1. The van der Waals surface area contributed by atoms with Crippen LogP contribution in [0.15, 0.2) is 42.6 Å². The van der Waals surface area contributed by atoms with E-state index in [0.717, 1.165) is 17.0 Å². The van der Waals surface area contributed by atoms with Crippen LogP contribution in [0.2, 0.25) is 0 Å². The zero-order chi connectivity index (χ0) is 14.4. The van der Waals surface area contributed by atoms with Gasteiger partial charge < -0.3 is 19.9 Å². The molecule has 5 nitrogen and oxygen atoms in total. The number of para-hydroxylation sites is 2. The van der Waals surface area contributed by atoms with Crippen molar-refractivity contribution in [1.29, 1.82) is 0 Å². The molecular weight excluding hydrogens is 256 g/mol. The second kappa shape index (κ2) is 6.77. The topological polar surface area (TPSA) is 63.6 Å². The number of methoxy groups -OCH3 is 2. The molecule has 0 radical (unpaired) electrons. The summed E-state index contributed by atoms with van der Waals surface area (Å²) in [5.74, 6) is 1.27. The maximum atomic E-state index is 9.57. The SMILES string of the molecule is COc1ccc(C(CO)Nc2ccccc2OC)cn1. The van der Waals surface area contributed by atoms with Gasteiger partial charge in [0.05, 0.1) is 32.6 Å². The van der Waals surface area contributed by atoms with Gasteiger partial charge in [-0.1, -0.05) is 12.1 Å². The average Bonchev–Trinajstić information content (AvgIpc) is 2.53. The molecule has 1 aromatic carbocycles. The first-order valence-corrected chi connectivity index (χ1v) is 6.29. The molecule has 20 heavy (non-hydrogen) atoms. The highest BCUT2D eigenvalue weighted by molar-refractivity contribution is 5.57. The number of hydrogen-bond acceptors (Lipinski definition) is 5. The molecule has 1 aromatic heterocycles. The van der Waals surface area contributed by atoms with E-state index in [-0.39, 0.29) is 12.6 Å². The molecule has 0 bridgehead atoms. The Bertz CT molecular complexity index is 543. The molecule has 2 rings (SSSR count). The van der Waals surface area contributed by atoms with E-state index in [1.54, 1.807) is 26.5 Å². The number of aliphatic hydroxyl groups excluding tert-OH is 1. The van der Waals surface area contributed by atoms with Crippen molar-refractivity contribution in [3.8, 4) is 11.6 Å². The van der Waals surface area contributed by atoms with Crippen molar-refractivity contribution < 1.29 is 14.6 Å². The number of nitrogens with zero attached hydrogens (tertiary/aromatic N) is 1. The van der Waals surface area contributed by atoms with Crippen molar-refractivity contribution in [2.24, 2.45) is 0 Å². The Hall–Kier alpha value is -2.27. The molecule has 0 spiro atoms. The lowest BCUT2D eigenvalue weighted by Crippen LogP contribution is -2.15. The van der Waals surface area contributed by atoms with Gasteiger partial charge >= 0.3 is 0 Å². The maximum absolute atomic E-state index is 9.57.